The molecule has 140 valence electrons. The zero-order valence-corrected chi connectivity index (χ0v) is 15.9. The van der Waals surface area contributed by atoms with E-state index in [1.54, 1.807) is 31.5 Å². The zero-order chi connectivity index (χ0) is 18.8. The number of hydrogen-bond acceptors (Lipinski definition) is 5. The van der Waals surface area contributed by atoms with Crippen LogP contribution >= 0.6 is 11.6 Å². The molecule has 0 amide bonds. The number of pyridine rings is 1. The Hall–Kier alpha value is -2.57. The van der Waals surface area contributed by atoms with Gasteiger partial charge in [-0.1, -0.05) is 11.6 Å². The predicted octanol–water partition coefficient (Wildman–Crippen LogP) is 2.68. The molecular weight excluding hydrogens is 364 g/mol. The number of aromatic nitrogens is 2. The van der Waals surface area contributed by atoms with Crippen molar-refractivity contribution in [2.24, 2.45) is 0 Å². The van der Waals surface area contributed by atoms with Crippen molar-refractivity contribution in [3.63, 3.8) is 0 Å². The highest BCUT2D eigenvalue weighted by atomic mass is 35.5. The van der Waals surface area contributed by atoms with Gasteiger partial charge in [-0.15, -0.1) is 0 Å². The molecule has 1 fully saturated rings. The van der Waals surface area contributed by atoms with Gasteiger partial charge in [0.2, 0.25) is 0 Å². The molecule has 7 heteroatoms. The smallest absolute Gasteiger partial charge is 0.258 e. The van der Waals surface area contributed by atoms with Crippen LogP contribution in [0.5, 0.6) is 5.75 Å². The summed E-state index contributed by atoms with van der Waals surface area (Å²) in [5.74, 6) is 0.868. The van der Waals surface area contributed by atoms with Crippen molar-refractivity contribution in [3.8, 4) is 5.75 Å². The summed E-state index contributed by atoms with van der Waals surface area (Å²) in [6.07, 6.45) is 1.60. The number of halogens is 1. The maximum Gasteiger partial charge on any atom is 0.258 e. The molecule has 0 atom stereocenters. The van der Waals surface area contributed by atoms with E-state index < -0.39 is 0 Å². The third kappa shape index (κ3) is 3.91. The Morgan fingerprint density at radius 3 is 2.52 bits per heavy atom. The summed E-state index contributed by atoms with van der Waals surface area (Å²) in [7, 11) is 1.68. The summed E-state index contributed by atoms with van der Waals surface area (Å²) >= 11 is 5.96. The molecule has 3 heterocycles. The number of benzene rings is 1. The van der Waals surface area contributed by atoms with E-state index in [4.69, 9.17) is 16.3 Å². The van der Waals surface area contributed by atoms with Crippen molar-refractivity contribution in [2.45, 2.75) is 6.54 Å². The number of methoxy groups -OCH3 is 1. The standard InChI is InChI=1S/C20H21ClN4O2/c1-27-18-5-3-17(4-6-18)24-10-8-23(9-11-24)14-16-12-20(26)25-13-15(21)2-7-19(25)22-16/h2-7,12-13H,8-11,14H2,1H3. The van der Waals surface area contributed by atoms with E-state index in [0.717, 1.165) is 37.6 Å². The summed E-state index contributed by atoms with van der Waals surface area (Å²) in [5, 5.41) is 0.522. The van der Waals surface area contributed by atoms with Crippen LogP contribution in [0.2, 0.25) is 5.02 Å². The first-order valence-corrected chi connectivity index (χ1v) is 9.29. The largest absolute Gasteiger partial charge is 0.497 e. The zero-order valence-electron chi connectivity index (χ0n) is 15.1. The van der Waals surface area contributed by atoms with E-state index >= 15 is 0 Å². The lowest BCUT2D eigenvalue weighted by atomic mass is 10.2. The Bertz CT molecular complexity index is 995. The molecule has 1 aliphatic heterocycles. The molecule has 6 nitrogen and oxygen atoms in total. The predicted molar refractivity (Wildman–Crippen MR) is 107 cm³/mol. The van der Waals surface area contributed by atoms with Crippen molar-refractivity contribution in [3.05, 3.63) is 69.7 Å². The minimum Gasteiger partial charge on any atom is -0.497 e. The number of piperazine rings is 1. The highest BCUT2D eigenvalue weighted by Crippen LogP contribution is 2.21. The normalized spacial score (nSPS) is 15.3. The van der Waals surface area contributed by atoms with Crippen LogP contribution < -0.4 is 15.2 Å². The van der Waals surface area contributed by atoms with Gasteiger partial charge >= 0.3 is 0 Å². The molecule has 2 aromatic heterocycles. The van der Waals surface area contributed by atoms with Crippen molar-refractivity contribution in [2.75, 3.05) is 38.2 Å². The molecule has 0 bridgehead atoms. The summed E-state index contributed by atoms with van der Waals surface area (Å²) in [6, 6.07) is 13.3. The number of hydrogen-bond donors (Lipinski definition) is 0. The minimum absolute atomic E-state index is 0.102. The maximum atomic E-state index is 12.3. The molecule has 0 N–H and O–H groups in total. The maximum absolute atomic E-state index is 12.3. The van der Waals surface area contributed by atoms with Crippen LogP contribution in [0.15, 0.2) is 53.5 Å². The number of rotatable bonds is 4. The number of anilines is 1. The monoisotopic (exact) mass is 384 g/mol. The Labute approximate surface area is 162 Å². The second-order valence-corrected chi connectivity index (χ2v) is 7.06. The van der Waals surface area contributed by atoms with Gasteiger partial charge in [0.15, 0.2) is 0 Å². The minimum atomic E-state index is -0.102. The van der Waals surface area contributed by atoms with Crippen LogP contribution in [0.4, 0.5) is 5.69 Å². The molecule has 0 unspecified atom stereocenters. The Kier molecular flexibility index (Phi) is 5.01. The quantitative estimate of drug-likeness (QED) is 0.692. The molecule has 1 aliphatic rings. The van der Waals surface area contributed by atoms with Gasteiger partial charge in [-0.2, -0.15) is 0 Å². The average molecular weight is 385 g/mol. The van der Waals surface area contributed by atoms with Crippen molar-refractivity contribution in [1.82, 2.24) is 14.3 Å². The summed E-state index contributed by atoms with van der Waals surface area (Å²) < 4.78 is 6.70. The molecule has 0 aliphatic carbocycles. The van der Waals surface area contributed by atoms with Gasteiger partial charge in [0.05, 0.1) is 17.8 Å². The van der Waals surface area contributed by atoms with E-state index in [2.05, 4.69) is 26.9 Å². The molecule has 0 saturated carbocycles. The van der Waals surface area contributed by atoms with Gasteiger partial charge in [0.25, 0.3) is 5.56 Å². The first kappa shape index (κ1) is 17.8. The second-order valence-electron chi connectivity index (χ2n) is 6.62. The highest BCUT2D eigenvalue weighted by Gasteiger charge is 2.18. The van der Waals surface area contributed by atoms with Crippen molar-refractivity contribution >= 4 is 22.9 Å². The van der Waals surface area contributed by atoms with E-state index in [1.807, 2.05) is 12.1 Å². The summed E-state index contributed by atoms with van der Waals surface area (Å²) in [4.78, 5) is 21.6. The Morgan fingerprint density at radius 1 is 1.07 bits per heavy atom. The van der Waals surface area contributed by atoms with Gasteiger partial charge in [0, 0.05) is 50.7 Å². The fraction of sp³-hybridized carbons (Fsp3) is 0.300. The van der Waals surface area contributed by atoms with Gasteiger partial charge in [0.1, 0.15) is 11.4 Å². The molecule has 1 aromatic carbocycles. The van der Waals surface area contributed by atoms with Gasteiger partial charge in [-0.25, -0.2) is 4.98 Å². The summed E-state index contributed by atoms with van der Waals surface area (Å²) in [6.45, 7) is 4.40. The summed E-state index contributed by atoms with van der Waals surface area (Å²) in [5.41, 5.74) is 2.52. The number of nitrogens with zero attached hydrogens (tertiary/aromatic N) is 4. The fourth-order valence-electron chi connectivity index (χ4n) is 3.39. The molecule has 0 spiro atoms. The van der Waals surface area contributed by atoms with Crippen LogP contribution in [0, 0.1) is 0 Å². The molecule has 0 radical (unpaired) electrons. The SMILES string of the molecule is COc1ccc(N2CCN(Cc3cc(=O)n4cc(Cl)ccc4n3)CC2)cc1. The van der Waals surface area contributed by atoms with Gasteiger partial charge in [-0.3, -0.25) is 14.1 Å². The van der Waals surface area contributed by atoms with E-state index in [9.17, 15) is 4.79 Å². The van der Waals surface area contributed by atoms with Crippen LogP contribution in [0.25, 0.3) is 5.65 Å². The third-order valence-corrected chi connectivity index (χ3v) is 5.10. The molecule has 27 heavy (non-hydrogen) atoms. The van der Waals surface area contributed by atoms with Crippen LogP contribution in [-0.4, -0.2) is 47.6 Å². The molecular formula is C20H21ClN4O2. The average Bonchev–Trinajstić information content (AvgIpc) is 2.69. The fourth-order valence-corrected chi connectivity index (χ4v) is 3.55. The van der Waals surface area contributed by atoms with Crippen LogP contribution in [-0.2, 0) is 6.54 Å². The Morgan fingerprint density at radius 2 is 1.81 bits per heavy atom. The molecule has 4 rings (SSSR count). The van der Waals surface area contributed by atoms with E-state index in [1.165, 1.54) is 10.1 Å². The Balaban J connectivity index is 1.42. The molecule has 1 saturated heterocycles. The van der Waals surface area contributed by atoms with Gasteiger partial charge in [-0.05, 0) is 36.4 Å². The van der Waals surface area contributed by atoms with Crippen LogP contribution in [0.1, 0.15) is 5.69 Å². The first-order chi connectivity index (χ1) is 13.1. The van der Waals surface area contributed by atoms with E-state index in [0.29, 0.717) is 17.2 Å². The number of ether oxygens (including phenoxy) is 1. The van der Waals surface area contributed by atoms with Crippen molar-refractivity contribution in [1.29, 1.82) is 0 Å². The lowest BCUT2D eigenvalue weighted by molar-refractivity contribution is 0.247. The van der Waals surface area contributed by atoms with E-state index in [-0.39, 0.29) is 5.56 Å². The third-order valence-electron chi connectivity index (χ3n) is 4.87. The highest BCUT2D eigenvalue weighted by molar-refractivity contribution is 6.30. The lowest BCUT2D eigenvalue weighted by Crippen LogP contribution is -2.46. The second kappa shape index (κ2) is 7.58. The first-order valence-electron chi connectivity index (χ1n) is 8.91. The lowest BCUT2D eigenvalue weighted by Gasteiger charge is -2.36. The topological polar surface area (TPSA) is 50.1 Å². The van der Waals surface area contributed by atoms with Crippen LogP contribution in [0.3, 0.4) is 0 Å². The van der Waals surface area contributed by atoms with Crippen molar-refractivity contribution < 1.29 is 4.74 Å². The molecule has 3 aromatic rings. The number of fused-ring (bicyclic) bond motifs is 1. The van der Waals surface area contributed by atoms with Gasteiger partial charge < -0.3 is 9.64 Å².